The van der Waals surface area contributed by atoms with Crippen LogP contribution in [0.15, 0.2) is 29.3 Å². The second-order valence-electron chi connectivity index (χ2n) is 8.86. The first-order valence-corrected chi connectivity index (χ1v) is 12.0. The Hall–Kier alpha value is -3.42. The molecule has 35 heavy (non-hydrogen) atoms. The smallest absolute Gasteiger partial charge is 0.412 e. The summed E-state index contributed by atoms with van der Waals surface area (Å²) in [6, 6.07) is 4.33. The van der Waals surface area contributed by atoms with Crippen molar-refractivity contribution in [3.8, 4) is 5.75 Å². The third-order valence-electron chi connectivity index (χ3n) is 4.75. The lowest BCUT2D eigenvalue weighted by atomic mass is 10.2. The summed E-state index contributed by atoms with van der Waals surface area (Å²) < 4.78 is 65.8. The zero-order valence-electron chi connectivity index (χ0n) is 19.8. The maximum atomic E-state index is 13.6. The number of sulfonamides is 1. The summed E-state index contributed by atoms with van der Waals surface area (Å²) in [7, 11) is -4.38. The van der Waals surface area contributed by atoms with Gasteiger partial charge in [-0.15, -0.1) is 0 Å². The van der Waals surface area contributed by atoms with Gasteiger partial charge in [-0.2, -0.15) is 13.9 Å². The molecule has 3 rings (SSSR count). The number of benzene rings is 1. The number of alkyl halides is 2. The zero-order valence-corrected chi connectivity index (χ0v) is 20.7. The Morgan fingerprint density at radius 3 is 2.57 bits per heavy atom. The summed E-state index contributed by atoms with van der Waals surface area (Å²) in [6.45, 7) is 4.45. The minimum Gasteiger partial charge on any atom is -0.484 e. The van der Waals surface area contributed by atoms with E-state index in [1.54, 1.807) is 20.8 Å². The van der Waals surface area contributed by atoms with Gasteiger partial charge in [0.2, 0.25) is 5.91 Å². The van der Waals surface area contributed by atoms with E-state index >= 15 is 0 Å². The first-order chi connectivity index (χ1) is 16.2. The molecule has 0 radical (unpaired) electrons. The number of nitrogens with one attached hydrogen (secondary N) is 2. The molecule has 1 aliphatic heterocycles. The van der Waals surface area contributed by atoms with E-state index in [-0.39, 0.29) is 46.5 Å². The molecular weight excluding hydrogens is 488 g/mol. The van der Waals surface area contributed by atoms with Crippen molar-refractivity contribution in [3.63, 3.8) is 0 Å². The number of hydrogen-bond acceptors (Lipinski definition) is 7. The molecular formula is C21H27F2N5O6S. The summed E-state index contributed by atoms with van der Waals surface area (Å²) in [5.74, 6) is -0.177. The average Bonchev–Trinajstić information content (AvgIpc) is 3.13. The number of ether oxygens (including phenoxy) is 2. The molecule has 0 bridgehead atoms. The summed E-state index contributed by atoms with van der Waals surface area (Å²) in [5.41, 5.74) is -0.570. The van der Waals surface area contributed by atoms with Gasteiger partial charge in [0.1, 0.15) is 22.4 Å². The van der Waals surface area contributed by atoms with Crippen molar-refractivity contribution in [2.45, 2.75) is 57.8 Å². The molecule has 1 aromatic carbocycles. The molecule has 0 spiro atoms. The van der Waals surface area contributed by atoms with Crippen LogP contribution in [0, 0.1) is 6.92 Å². The fourth-order valence-corrected chi connectivity index (χ4v) is 5.00. The van der Waals surface area contributed by atoms with E-state index in [9.17, 15) is 26.8 Å². The van der Waals surface area contributed by atoms with Crippen LogP contribution in [-0.2, 0) is 19.6 Å². The fraction of sp³-hybridized carbons (Fsp3) is 0.476. The first-order valence-electron chi connectivity index (χ1n) is 10.6. The molecule has 2 aromatic rings. The highest BCUT2D eigenvalue weighted by Crippen LogP contribution is 2.39. The molecule has 14 heteroatoms. The van der Waals surface area contributed by atoms with Crippen molar-refractivity contribution in [2.24, 2.45) is 0 Å². The Kier molecular flexibility index (Phi) is 7.24. The second kappa shape index (κ2) is 9.68. The van der Waals surface area contributed by atoms with Crippen molar-refractivity contribution >= 4 is 33.4 Å². The number of halogens is 2. The van der Waals surface area contributed by atoms with Crippen LogP contribution < -0.4 is 19.7 Å². The molecule has 0 unspecified atom stereocenters. The minimum absolute atomic E-state index is 0.00792. The van der Waals surface area contributed by atoms with Gasteiger partial charge in [0.25, 0.3) is 10.0 Å². The SMILES string of the molecule is CC(=O)NC[C@H]1CN(S(=O)(=O)c2cn(C(F)F)nc2C)c2cc(NC(=O)OC(C)(C)C)ccc2O1. The van der Waals surface area contributed by atoms with Gasteiger partial charge in [0.05, 0.1) is 30.7 Å². The lowest BCUT2D eigenvalue weighted by Crippen LogP contribution is -2.48. The van der Waals surface area contributed by atoms with E-state index in [1.807, 2.05) is 0 Å². The highest BCUT2D eigenvalue weighted by atomic mass is 32.2. The number of aromatic nitrogens is 2. The second-order valence-corrected chi connectivity index (χ2v) is 10.7. The van der Waals surface area contributed by atoms with Gasteiger partial charge >= 0.3 is 12.6 Å². The predicted molar refractivity (Wildman–Crippen MR) is 122 cm³/mol. The molecule has 0 fully saturated rings. The number of aryl methyl sites for hydroxylation is 1. The standard InChI is InChI=1S/C21H27F2N5O6S/c1-12-18(11-27(26-12)19(22)23)35(31,32)28-10-15(9-24-13(2)29)33-17-7-6-14(8-16(17)28)25-20(30)34-21(3,4)5/h6-8,11,15,19H,9-10H2,1-5H3,(H,24,29)(H,25,30)/t15-/m0/s1. The van der Waals surface area contributed by atoms with Gasteiger partial charge < -0.3 is 14.8 Å². The summed E-state index contributed by atoms with van der Waals surface area (Å²) in [4.78, 5) is 23.1. The molecule has 1 aliphatic rings. The zero-order chi connectivity index (χ0) is 26.1. The molecule has 11 nitrogen and oxygen atoms in total. The number of nitrogens with zero attached hydrogens (tertiary/aromatic N) is 3. The van der Waals surface area contributed by atoms with Crippen LogP contribution in [0.25, 0.3) is 0 Å². The molecule has 2 heterocycles. The van der Waals surface area contributed by atoms with Crippen LogP contribution in [0.1, 0.15) is 39.9 Å². The number of fused-ring (bicyclic) bond motifs is 1. The molecule has 0 saturated carbocycles. The number of anilines is 2. The van der Waals surface area contributed by atoms with Crippen molar-refractivity contribution in [1.82, 2.24) is 15.1 Å². The van der Waals surface area contributed by atoms with E-state index in [1.165, 1.54) is 32.0 Å². The van der Waals surface area contributed by atoms with Crippen molar-refractivity contribution in [1.29, 1.82) is 0 Å². The molecule has 1 atom stereocenters. The first kappa shape index (κ1) is 26.2. The van der Waals surface area contributed by atoms with E-state index < -0.39 is 39.3 Å². The highest BCUT2D eigenvalue weighted by molar-refractivity contribution is 7.92. The minimum atomic E-state index is -4.38. The Balaban J connectivity index is 2.02. The summed E-state index contributed by atoms with van der Waals surface area (Å²) in [5, 5.41) is 8.70. The van der Waals surface area contributed by atoms with Crippen molar-refractivity contribution in [3.05, 3.63) is 30.1 Å². The maximum absolute atomic E-state index is 13.6. The average molecular weight is 516 g/mol. The van der Waals surface area contributed by atoms with Gasteiger partial charge in [-0.25, -0.2) is 17.9 Å². The molecule has 0 aliphatic carbocycles. The Morgan fingerprint density at radius 1 is 1.31 bits per heavy atom. The van der Waals surface area contributed by atoms with Crippen LogP contribution >= 0.6 is 0 Å². The number of carbonyl (C=O) groups excluding carboxylic acids is 2. The van der Waals surface area contributed by atoms with Crippen LogP contribution in [0.3, 0.4) is 0 Å². The molecule has 192 valence electrons. The molecule has 1 aromatic heterocycles. The van der Waals surface area contributed by atoms with Crippen LogP contribution in [0.4, 0.5) is 25.0 Å². The van der Waals surface area contributed by atoms with E-state index in [0.717, 1.165) is 10.5 Å². The Labute approximate surface area is 201 Å². The number of rotatable bonds is 6. The van der Waals surface area contributed by atoms with Gasteiger partial charge in [-0.05, 0) is 45.9 Å². The maximum Gasteiger partial charge on any atom is 0.412 e. The third-order valence-corrected chi connectivity index (χ3v) is 6.64. The van der Waals surface area contributed by atoms with Crippen molar-refractivity contribution in [2.75, 3.05) is 22.7 Å². The topological polar surface area (TPSA) is 132 Å². The largest absolute Gasteiger partial charge is 0.484 e. The molecule has 2 N–H and O–H groups in total. The molecule has 2 amide bonds. The number of amides is 2. The normalized spacial score (nSPS) is 15.9. The van der Waals surface area contributed by atoms with E-state index in [4.69, 9.17) is 9.47 Å². The van der Waals surface area contributed by atoms with Crippen molar-refractivity contribution < 1.29 is 36.3 Å². The predicted octanol–water partition coefficient (Wildman–Crippen LogP) is 3.03. The van der Waals surface area contributed by atoms with E-state index in [0.29, 0.717) is 0 Å². The Bertz CT molecular complexity index is 1230. The third kappa shape index (κ3) is 6.18. The quantitative estimate of drug-likeness (QED) is 0.604. The van der Waals surface area contributed by atoms with Crippen LogP contribution in [-0.4, -0.2) is 55.0 Å². The lowest BCUT2D eigenvalue weighted by Gasteiger charge is -2.35. The van der Waals surface area contributed by atoms with Gasteiger partial charge in [0, 0.05) is 12.6 Å². The van der Waals surface area contributed by atoms with E-state index in [2.05, 4.69) is 15.7 Å². The summed E-state index contributed by atoms with van der Waals surface area (Å²) >= 11 is 0. The summed E-state index contributed by atoms with van der Waals surface area (Å²) in [6.07, 6.45) is -0.756. The number of carbonyl (C=O) groups is 2. The Morgan fingerprint density at radius 2 is 2.00 bits per heavy atom. The van der Waals surface area contributed by atoms with Crippen LogP contribution in [0.2, 0.25) is 0 Å². The van der Waals surface area contributed by atoms with Gasteiger partial charge in [-0.3, -0.25) is 14.4 Å². The monoisotopic (exact) mass is 515 g/mol. The molecule has 0 saturated heterocycles. The number of hydrogen-bond donors (Lipinski definition) is 2. The fourth-order valence-electron chi connectivity index (χ4n) is 3.34. The lowest BCUT2D eigenvalue weighted by molar-refractivity contribution is -0.119. The highest BCUT2D eigenvalue weighted by Gasteiger charge is 2.37. The van der Waals surface area contributed by atoms with Gasteiger partial charge in [-0.1, -0.05) is 0 Å². The van der Waals surface area contributed by atoms with Gasteiger partial charge in [0.15, 0.2) is 0 Å². The van der Waals surface area contributed by atoms with Crippen LogP contribution in [0.5, 0.6) is 5.75 Å².